The Morgan fingerprint density at radius 2 is 1.73 bits per heavy atom. The van der Waals surface area contributed by atoms with Crippen LogP contribution in [0, 0.1) is 0 Å². The van der Waals surface area contributed by atoms with Crippen LogP contribution in [-0.2, 0) is 20.7 Å². The van der Waals surface area contributed by atoms with Gasteiger partial charge in [0.15, 0.2) is 0 Å². The Hall–Kier alpha value is -4.14. The molecule has 170 valence electrons. The third kappa shape index (κ3) is 4.72. The topological polar surface area (TPSA) is 133 Å². The number of benzene rings is 2. The number of aliphatic carboxylic acids is 1. The van der Waals surface area contributed by atoms with Gasteiger partial charge in [0.05, 0.1) is 12.6 Å². The van der Waals surface area contributed by atoms with Gasteiger partial charge >= 0.3 is 12.1 Å². The van der Waals surface area contributed by atoms with Gasteiger partial charge < -0.3 is 20.5 Å². The normalized spacial score (nSPS) is 13.0. The van der Waals surface area contributed by atoms with Crippen molar-refractivity contribution in [3.63, 3.8) is 0 Å². The number of ether oxygens (including phenoxy) is 1. The molecule has 0 spiro atoms. The van der Waals surface area contributed by atoms with Crippen molar-refractivity contribution in [1.29, 1.82) is 0 Å². The highest BCUT2D eigenvalue weighted by Crippen LogP contribution is 2.44. The minimum atomic E-state index is -1.31. The van der Waals surface area contributed by atoms with Crippen LogP contribution in [0.4, 0.5) is 10.6 Å². The summed E-state index contributed by atoms with van der Waals surface area (Å²) in [5.41, 5.74) is 5.06. The third-order valence-corrected chi connectivity index (χ3v) is 5.68. The molecule has 1 heterocycles. The van der Waals surface area contributed by atoms with Crippen molar-refractivity contribution in [2.75, 3.05) is 11.9 Å². The van der Waals surface area contributed by atoms with Crippen molar-refractivity contribution in [3.8, 4) is 11.1 Å². The highest BCUT2D eigenvalue weighted by Gasteiger charge is 2.30. The Balaban J connectivity index is 1.43. The summed E-state index contributed by atoms with van der Waals surface area (Å²) in [5.74, 6) is -1.68. The molecule has 4 N–H and O–H groups in total. The highest BCUT2D eigenvalue weighted by molar-refractivity contribution is 5.98. The highest BCUT2D eigenvalue weighted by atomic mass is 16.5. The van der Waals surface area contributed by atoms with E-state index in [-0.39, 0.29) is 12.5 Å². The molecule has 1 aromatic heterocycles. The third-order valence-electron chi connectivity index (χ3n) is 5.68. The van der Waals surface area contributed by atoms with E-state index in [0.29, 0.717) is 12.2 Å². The van der Waals surface area contributed by atoms with Crippen molar-refractivity contribution in [2.45, 2.75) is 31.7 Å². The molecule has 1 aliphatic rings. The van der Waals surface area contributed by atoms with Crippen LogP contribution in [0.5, 0.6) is 0 Å². The van der Waals surface area contributed by atoms with E-state index >= 15 is 0 Å². The Bertz CT molecular complexity index is 1140. The van der Waals surface area contributed by atoms with Crippen LogP contribution in [0.1, 0.15) is 36.0 Å². The lowest BCUT2D eigenvalue weighted by atomic mass is 9.98. The number of H-pyrrole nitrogens is 1. The largest absolute Gasteiger partial charge is 0.481 e. The van der Waals surface area contributed by atoms with Crippen LogP contribution in [0.25, 0.3) is 11.1 Å². The number of amides is 2. The molecule has 0 radical (unpaired) electrons. The molecule has 3 aromatic rings. The van der Waals surface area contributed by atoms with E-state index in [1.165, 1.54) is 0 Å². The van der Waals surface area contributed by atoms with Gasteiger partial charge in [-0.3, -0.25) is 14.7 Å². The molecule has 9 heteroatoms. The number of aromatic amines is 1. The lowest BCUT2D eigenvalue weighted by molar-refractivity contribution is -0.139. The maximum atomic E-state index is 12.6. The van der Waals surface area contributed by atoms with Crippen LogP contribution in [-0.4, -0.2) is 45.9 Å². The first-order chi connectivity index (χ1) is 16.0. The molecule has 2 aromatic carbocycles. The Morgan fingerprint density at radius 3 is 2.33 bits per heavy atom. The fourth-order valence-electron chi connectivity index (χ4n) is 4.06. The van der Waals surface area contributed by atoms with Gasteiger partial charge in [-0.25, -0.2) is 4.79 Å². The van der Waals surface area contributed by atoms with E-state index < -0.39 is 30.4 Å². The first-order valence-electron chi connectivity index (χ1n) is 10.6. The maximum absolute atomic E-state index is 12.6. The van der Waals surface area contributed by atoms with Crippen molar-refractivity contribution in [2.24, 2.45) is 0 Å². The second kappa shape index (κ2) is 9.56. The van der Waals surface area contributed by atoms with Crippen LogP contribution in [0.15, 0.2) is 54.7 Å². The van der Waals surface area contributed by atoms with Crippen LogP contribution in [0.2, 0.25) is 0 Å². The number of hydrogen-bond acceptors (Lipinski definition) is 5. The number of carbonyl (C=O) groups excluding carboxylic acids is 2. The second-order valence-corrected chi connectivity index (χ2v) is 7.73. The minimum absolute atomic E-state index is 0.0573. The summed E-state index contributed by atoms with van der Waals surface area (Å²) in [7, 11) is 0. The zero-order valence-electron chi connectivity index (χ0n) is 18.0. The lowest BCUT2D eigenvalue weighted by Gasteiger charge is -2.18. The molecule has 0 bridgehead atoms. The monoisotopic (exact) mass is 448 g/mol. The summed E-state index contributed by atoms with van der Waals surface area (Å²) in [5, 5.41) is 20.7. The van der Waals surface area contributed by atoms with Gasteiger partial charge in [0.25, 0.3) is 0 Å². The van der Waals surface area contributed by atoms with Crippen LogP contribution >= 0.6 is 0 Å². The molecular formula is C24H24N4O5. The molecule has 33 heavy (non-hydrogen) atoms. The molecule has 1 atom stereocenters. The number of rotatable bonds is 8. The predicted octanol–water partition coefficient (Wildman–Crippen LogP) is 3.29. The van der Waals surface area contributed by atoms with Gasteiger partial charge in [-0.1, -0.05) is 55.5 Å². The number of nitrogens with zero attached hydrogens (tertiary/aromatic N) is 1. The average Bonchev–Trinajstić information content (AvgIpc) is 3.39. The number of nitrogens with one attached hydrogen (secondary N) is 3. The van der Waals surface area contributed by atoms with E-state index in [2.05, 4.69) is 20.8 Å². The summed E-state index contributed by atoms with van der Waals surface area (Å²) < 4.78 is 5.44. The summed E-state index contributed by atoms with van der Waals surface area (Å²) in [4.78, 5) is 36.4. The van der Waals surface area contributed by atoms with Crippen molar-refractivity contribution in [3.05, 3.63) is 71.4 Å². The van der Waals surface area contributed by atoms with E-state index in [0.717, 1.165) is 27.8 Å². The smallest absolute Gasteiger partial charge is 0.407 e. The van der Waals surface area contributed by atoms with Crippen molar-refractivity contribution in [1.82, 2.24) is 15.5 Å². The Kier molecular flexibility index (Phi) is 6.39. The van der Waals surface area contributed by atoms with Crippen LogP contribution in [0.3, 0.4) is 0 Å². The molecule has 1 aliphatic carbocycles. The lowest BCUT2D eigenvalue weighted by Crippen LogP contribution is -2.45. The van der Waals surface area contributed by atoms with E-state index in [1.807, 2.05) is 55.5 Å². The van der Waals surface area contributed by atoms with Crippen LogP contribution < -0.4 is 10.6 Å². The molecule has 0 fully saturated rings. The molecule has 2 amide bonds. The molecule has 0 saturated heterocycles. The van der Waals surface area contributed by atoms with E-state index in [9.17, 15) is 19.5 Å². The Morgan fingerprint density at radius 1 is 1.09 bits per heavy atom. The first-order valence-corrected chi connectivity index (χ1v) is 10.6. The SMILES string of the molecule is CCc1cn[nH]c1NC(=O)C(CC(=O)O)NC(=O)OCC1c2ccccc2-c2ccccc21. The maximum Gasteiger partial charge on any atom is 0.407 e. The molecule has 9 nitrogen and oxygen atoms in total. The van der Waals surface area contributed by atoms with Gasteiger partial charge in [-0.05, 0) is 28.7 Å². The summed E-state index contributed by atoms with van der Waals surface area (Å²) in [6.45, 7) is 1.95. The predicted molar refractivity (Wildman–Crippen MR) is 121 cm³/mol. The fraction of sp³-hybridized carbons (Fsp3) is 0.250. The van der Waals surface area contributed by atoms with Gasteiger partial charge in [-0.15, -0.1) is 0 Å². The summed E-state index contributed by atoms with van der Waals surface area (Å²) >= 11 is 0. The molecule has 1 unspecified atom stereocenters. The zero-order chi connectivity index (χ0) is 23.4. The zero-order valence-corrected chi connectivity index (χ0v) is 18.0. The number of fused-ring (bicyclic) bond motifs is 3. The fourth-order valence-corrected chi connectivity index (χ4v) is 4.06. The molecule has 0 saturated carbocycles. The van der Waals surface area contributed by atoms with Gasteiger partial charge in [0.2, 0.25) is 5.91 Å². The quantitative estimate of drug-likeness (QED) is 0.418. The van der Waals surface area contributed by atoms with Gasteiger partial charge in [-0.2, -0.15) is 5.10 Å². The number of carbonyl (C=O) groups is 3. The number of carboxylic acid groups (broad SMARTS) is 1. The van der Waals surface area contributed by atoms with Gasteiger partial charge in [0, 0.05) is 11.5 Å². The Labute approximate surface area is 190 Å². The molecular weight excluding hydrogens is 424 g/mol. The summed E-state index contributed by atoms with van der Waals surface area (Å²) in [6.07, 6.45) is 0.737. The minimum Gasteiger partial charge on any atom is -0.481 e. The molecule has 4 rings (SSSR count). The molecule has 0 aliphatic heterocycles. The van der Waals surface area contributed by atoms with Crippen molar-refractivity contribution >= 4 is 23.8 Å². The van der Waals surface area contributed by atoms with Crippen molar-refractivity contribution < 1.29 is 24.2 Å². The second-order valence-electron chi connectivity index (χ2n) is 7.73. The number of carboxylic acids is 1. The van der Waals surface area contributed by atoms with E-state index in [4.69, 9.17) is 4.74 Å². The number of alkyl carbamates (subject to hydrolysis) is 1. The van der Waals surface area contributed by atoms with Gasteiger partial charge in [0.1, 0.15) is 18.5 Å². The first kappa shape index (κ1) is 22.1. The number of anilines is 1. The van der Waals surface area contributed by atoms with E-state index in [1.54, 1.807) is 6.20 Å². The number of hydrogen-bond donors (Lipinski definition) is 4. The average molecular weight is 448 g/mol. The number of aromatic nitrogens is 2. The standard InChI is InChI=1S/C24H24N4O5/c1-2-14-12-25-28-22(14)27-23(31)20(11-21(29)30)26-24(32)33-13-19-17-9-5-3-7-15(17)16-8-4-6-10-18(16)19/h3-10,12,19-20H,2,11,13H2,1H3,(H,26,32)(H,29,30)(H2,25,27,28,31). The number of aryl methyl sites for hydroxylation is 1. The summed E-state index contributed by atoms with van der Waals surface area (Å²) in [6, 6.07) is 14.5.